The lowest BCUT2D eigenvalue weighted by atomic mass is 10.2. The summed E-state index contributed by atoms with van der Waals surface area (Å²) < 4.78 is 1.68. The van der Waals surface area contributed by atoms with Crippen molar-refractivity contribution in [1.82, 2.24) is 14.9 Å². The van der Waals surface area contributed by atoms with Gasteiger partial charge in [0.1, 0.15) is 0 Å². The van der Waals surface area contributed by atoms with E-state index in [1.165, 1.54) is 0 Å². The third kappa shape index (κ3) is 2.58. The molecule has 1 unspecified atom stereocenters. The van der Waals surface area contributed by atoms with Crippen LogP contribution in [0.25, 0.3) is 5.52 Å². The minimum Gasteiger partial charge on any atom is -0.352 e. The predicted molar refractivity (Wildman–Crippen MR) is 67.4 cm³/mol. The van der Waals surface area contributed by atoms with Gasteiger partial charge in [0.25, 0.3) is 5.91 Å². The number of amides is 1. The van der Waals surface area contributed by atoms with Gasteiger partial charge < -0.3 is 5.32 Å². The molecule has 2 heterocycles. The van der Waals surface area contributed by atoms with Crippen LogP contribution in [0.4, 0.5) is 0 Å². The first kappa shape index (κ1) is 11.9. The molecule has 0 fully saturated rings. The Morgan fingerprint density at radius 3 is 3.18 bits per heavy atom. The molecular weight excluding hydrogens is 238 g/mol. The van der Waals surface area contributed by atoms with Crippen LogP contribution in [0.3, 0.4) is 0 Å². The number of rotatable bonds is 4. The van der Waals surface area contributed by atoms with Gasteiger partial charge in [0, 0.05) is 18.6 Å². The van der Waals surface area contributed by atoms with Crippen molar-refractivity contribution in [1.29, 1.82) is 0 Å². The number of hydrogen-bond donors (Lipinski definition) is 1. The zero-order valence-electron chi connectivity index (χ0n) is 9.56. The fourth-order valence-electron chi connectivity index (χ4n) is 1.53. The van der Waals surface area contributed by atoms with Gasteiger partial charge in [0.15, 0.2) is 0 Å². The third-order valence-corrected chi connectivity index (χ3v) is 3.07. The van der Waals surface area contributed by atoms with Crippen LogP contribution in [0.5, 0.6) is 0 Å². The largest absolute Gasteiger partial charge is 0.352 e. The van der Waals surface area contributed by atoms with Crippen molar-refractivity contribution in [2.75, 3.05) is 12.4 Å². The van der Waals surface area contributed by atoms with E-state index in [1.54, 1.807) is 10.7 Å². The quantitative estimate of drug-likeness (QED) is 0.845. The van der Waals surface area contributed by atoms with E-state index in [9.17, 15) is 4.79 Å². The monoisotopic (exact) mass is 251 g/mol. The van der Waals surface area contributed by atoms with Gasteiger partial charge >= 0.3 is 0 Å². The lowest BCUT2D eigenvalue weighted by molar-refractivity contribution is 0.0951. The molecule has 1 amide bonds. The minimum atomic E-state index is -0.108. The molecule has 0 saturated heterocycles. The Balaban J connectivity index is 2.14. The first-order chi connectivity index (χ1) is 8.22. The van der Waals surface area contributed by atoms with Crippen LogP contribution >= 0.6 is 11.6 Å². The number of fused-ring (bicyclic) bond motifs is 1. The maximum absolute atomic E-state index is 11.9. The van der Waals surface area contributed by atoms with E-state index in [4.69, 9.17) is 11.6 Å². The second-order valence-electron chi connectivity index (χ2n) is 4.06. The van der Waals surface area contributed by atoms with Crippen molar-refractivity contribution >= 4 is 23.0 Å². The van der Waals surface area contributed by atoms with Gasteiger partial charge in [0.2, 0.25) is 0 Å². The van der Waals surface area contributed by atoms with Gasteiger partial charge in [-0.2, -0.15) is 5.10 Å². The summed E-state index contributed by atoms with van der Waals surface area (Å²) in [6.07, 6.45) is 3.39. The van der Waals surface area contributed by atoms with E-state index < -0.39 is 0 Å². The lowest BCUT2D eigenvalue weighted by Gasteiger charge is -2.08. The van der Waals surface area contributed by atoms with Crippen LogP contribution in [0.15, 0.2) is 30.6 Å². The molecule has 0 bridgehead atoms. The lowest BCUT2D eigenvalue weighted by Crippen LogP contribution is -2.28. The van der Waals surface area contributed by atoms with E-state index >= 15 is 0 Å². The molecule has 2 rings (SSSR count). The number of carbonyl (C=O) groups is 1. The summed E-state index contributed by atoms with van der Waals surface area (Å²) in [6.45, 7) is 2.57. The van der Waals surface area contributed by atoms with Crippen molar-refractivity contribution in [3.8, 4) is 0 Å². The van der Waals surface area contributed by atoms with E-state index in [2.05, 4.69) is 10.4 Å². The Morgan fingerprint density at radius 1 is 1.59 bits per heavy atom. The van der Waals surface area contributed by atoms with Crippen LogP contribution in [-0.4, -0.2) is 27.9 Å². The first-order valence-electron chi connectivity index (χ1n) is 5.49. The van der Waals surface area contributed by atoms with Gasteiger partial charge in [-0.3, -0.25) is 4.79 Å². The number of alkyl halides is 1. The number of hydrogen-bond acceptors (Lipinski definition) is 2. The highest BCUT2D eigenvalue weighted by Crippen LogP contribution is 2.09. The number of nitrogens with one attached hydrogen (secondary N) is 1. The van der Waals surface area contributed by atoms with Crippen molar-refractivity contribution < 1.29 is 4.79 Å². The fourth-order valence-corrected chi connectivity index (χ4v) is 1.64. The standard InChI is InChI=1S/C12H14ClN3O/c1-9(6-13)7-14-12(17)10-8-15-16-5-3-2-4-11(10)16/h2-5,8-9H,6-7H2,1H3,(H,14,17). The fraction of sp³-hybridized carbons (Fsp3) is 0.333. The van der Waals surface area contributed by atoms with Crippen molar-refractivity contribution in [3.63, 3.8) is 0 Å². The molecular formula is C12H14ClN3O. The number of aromatic nitrogens is 2. The van der Waals surface area contributed by atoms with Crippen LogP contribution in [0.2, 0.25) is 0 Å². The van der Waals surface area contributed by atoms with Gasteiger partial charge in [-0.15, -0.1) is 11.6 Å². The molecule has 5 heteroatoms. The Hall–Kier alpha value is -1.55. The topological polar surface area (TPSA) is 46.4 Å². The molecule has 0 radical (unpaired) electrons. The molecule has 0 spiro atoms. The molecule has 1 N–H and O–H groups in total. The van der Waals surface area contributed by atoms with Crippen molar-refractivity contribution in [2.45, 2.75) is 6.92 Å². The maximum Gasteiger partial charge on any atom is 0.255 e. The van der Waals surface area contributed by atoms with E-state index in [0.29, 0.717) is 18.0 Å². The summed E-state index contributed by atoms with van der Waals surface area (Å²) in [7, 11) is 0. The van der Waals surface area contributed by atoms with Gasteiger partial charge in [-0.05, 0) is 18.1 Å². The van der Waals surface area contributed by atoms with E-state index in [0.717, 1.165) is 5.52 Å². The summed E-state index contributed by atoms with van der Waals surface area (Å²) in [6, 6.07) is 5.62. The van der Waals surface area contributed by atoms with E-state index in [1.807, 2.05) is 31.3 Å². The van der Waals surface area contributed by atoms with Crippen LogP contribution < -0.4 is 5.32 Å². The molecule has 17 heavy (non-hydrogen) atoms. The van der Waals surface area contributed by atoms with Crippen LogP contribution in [0.1, 0.15) is 17.3 Å². The second kappa shape index (κ2) is 5.19. The summed E-state index contributed by atoms with van der Waals surface area (Å²) >= 11 is 5.69. The van der Waals surface area contributed by atoms with Gasteiger partial charge in [-0.25, -0.2) is 4.52 Å². The number of carbonyl (C=O) groups excluding carboxylic acids is 1. The summed E-state index contributed by atoms with van der Waals surface area (Å²) in [5, 5.41) is 6.97. The summed E-state index contributed by atoms with van der Waals surface area (Å²) in [5.41, 5.74) is 1.40. The Morgan fingerprint density at radius 2 is 2.41 bits per heavy atom. The number of nitrogens with zero attached hydrogens (tertiary/aromatic N) is 2. The van der Waals surface area contributed by atoms with Crippen molar-refractivity contribution in [3.05, 3.63) is 36.2 Å². The average Bonchev–Trinajstić information content (AvgIpc) is 2.79. The van der Waals surface area contributed by atoms with Crippen molar-refractivity contribution in [2.24, 2.45) is 5.92 Å². The highest BCUT2D eigenvalue weighted by Gasteiger charge is 2.12. The van der Waals surface area contributed by atoms with Crippen LogP contribution in [0, 0.1) is 5.92 Å². The maximum atomic E-state index is 11.9. The summed E-state index contributed by atoms with van der Waals surface area (Å²) in [4.78, 5) is 11.9. The molecule has 2 aromatic rings. The Bertz CT molecular complexity index is 523. The molecule has 90 valence electrons. The average molecular weight is 252 g/mol. The second-order valence-corrected chi connectivity index (χ2v) is 4.37. The van der Waals surface area contributed by atoms with Gasteiger partial charge in [-0.1, -0.05) is 13.0 Å². The Labute approximate surface area is 105 Å². The molecule has 0 aliphatic carbocycles. The third-order valence-electron chi connectivity index (χ3n) is 2.55. The smallest absolute Gasteiger partial charge is 0.255 e. The predicted octanol–water partition coefficient (Wildman–Crippen LogP) is 1.94. The zero-order chi connectivity index (χ0) is 12.3. The Kier molecular flexibility index (Phi) is 3.64. The molecule has 0 aliphatic heterocycles. The normalized spacial score (nSPS) is 12.6. The first-order valence-corrected chi connectivity index (χ1v) is 6.02. The molecule has 0 saturated carbocycles. The summed E-state index contributed by atoms with van der Waals surface area (Å²) in [5.74, 6) is 0.695. The minimum absolute atomic E-state index is 0.108. The number of halogens is 1. The molecule has 0 aromatic carbocycles. The molecule has 0 aliphatic rings. The zero-order valence-corrected chi connectivity index (χ0v) is 10.3. The molecule has 2 aromatic heterocycles. The van der Waals surface area contributed by atoms with E-state index in [-0.39, 0.29) is 11.8 Å². The molecule has 4 nitrogen and oxygen atoms in total. The highest BCUT2D eigenvalue weighted by molar-refractivity contribution is 6.18. The van der Waals surface area contributed by atoms with Gasteiger partial charge in [0.05, 0.1) is 17.3 Å². The SMILES string of the molecule is CC(CCl)CNC(=O)c1cnn2ccccc12. The number of pyridine rings is 1. The van der Waals surface area contributed by atoms with Crippen LogP contribution in [-0.2, 0) is 0 Å². The molecule has 1 atom stereocenters. The highest BCUT2D eigenvalue weighted by atomic mass is 35.5.